The summed E-state index contributed by atoms with van der Waals surface area (Å²) in [5.74, 6) is 0. The molecule has 0 saturated heterocycles. The van der Waals surface area contributed by atoms with Crippen molar-refractivity contribution in [2.24, 2.45) is 0 Å². The molecule has 1 nitrogen and oxygen atoms in total. The molecule has 1 aromatic carbocycles. The largest absolute Gasteiger partial charge is 0.399 e. The molecule has 0 aliphatic heterocycles. The Hall–Kier alpha value is -1.46. The first-order chi connectivity index (χ1) is 5.33. The molecule has 1 rings (SSSR count). The molecule has 0 atom stereocenters. The van der Waals surface area contributed by atoms with Crippen molar-refractivity contribution in [3.63, 3.8) is 0 Å². The predicted molar refractivity (Wildman–Crippen MR) is 48.3 cm³/mol. The smallest absolute Gasteiger partial charge is 0.0314 e. The van der Waals surface area contributed by atoms with E-state index in [1.54, 1.807) is 0 Å². The van der Waals surface area contributed by atoms with E-state index in [2.05, 4.69) is 12.3 Å². The van der Waals surface area contributed by atoms with Gasteiger partial charge in [0.1, 0.15) is 0 Å². The van der Waals surface area contributed by atoms with E-state index < -0.39 is 0 Å². The quantitative estimate of drug-likeness (QED) is 0.501. The van der Waals surface area contributed by atoms with Crippen LogP contribution >= 0.6 is 0 Å². The van der Waals surface area contributed by atoms with Crippen LogP contribution in [0.3, 0.4) is 0 Å². The summed E-state index contributed by atoms with van der Waals surface area (Å²) in [6, 6.07) is 7.80. The first-order valence-electron chi connectivity index (χ1n) is 3.51. The van der Waals surface area contributed by atoms with Crippen molar-refractivity contribution in [3.8, 4) is 0 Å². The van der Waals surface area contributed by atoms with Crippen LogP contribution in [-0.4, -0.2) is 0 Å². The monoisotopic (exact) mass is 145 g/mol. The third-order valence-electron chi connectivity index (χ3n) is 1.46. The summed E-state index contributed by atoms with van der Waals surface area (Å²) >= 11 is 0. The van der Waals surface area contributed by atoms with E-state index >= 15 is 0 Å². The second-order valence-corrected chi connectivity index (χ2v) is 2.35. The normalized spacial score (nSPS) is 8.73. The third kappa shape index (κ3) is 2.32. The molecule has 11 heavy (non-hydrogen) atoms. The minimum atomic E-state index is 0.802. The first-order valence-corrected chi connectivity index (χ1v) is 3.51. The van der Waals surface area contributed by atoms with E-state index in [0.29, 0.717) is 0 Å². The van der Waals surface area contributed by atoms with E-state index in [9.17, 15) is 0 Å². The lowest BCUT2D eigenvalue weighted by molar-refractivity contribution is 1.28. The summed E-state index contributed by atoms with van der Waals surface area (Å²) < 4.78 is 0. The van der Waals surface area contributed by atoms with Crippen LogP contribution in [0.2, 0.25) is 0 Å². The molecule has 0 fully saturated rings. The van der Waals surface area contributed by atoms with Gasteiger partial charge in [-0.05, 0) is 30.2 Å². The van der Waals surface area contributed by atoms with Crippen LogP contribution in [0.15, 0.2) is 42.7 Å². The molecule has 0 bridgehead atoms. The molecule has 0 amide bonds. The summed E-state index contributed by atoms with van der Waals surface area (Å²) in [6.07, 6.45) is 2.77. The Bertz CT molecular complexity index is 265. The molecule has 0 spiro atoms. The van der Waals surface area contributed by atoms with Crippen LogP contribution in [0.5, 0.6) is 0 Å². The molecule has 0 aliphatic rings. The fraction of sp³-hybridized carbons (Fsp3) is 0.100. The summed E-state index contributed by atoms with van der Waals surface area (Å²) in [4.78, 5) is 0. The van der Waals surface area contributed by atoms with E-state index in [1.165, 1.54) is 5.56 Å². The number of rotatable bonds is 2. The Morgan fingerprint density at radius 2 is 2.00 bits per heavy atom. The van der Waals surface area contributed by atoms with Crippen molar-refractivity contribution in [2.45, 2.75) is 6.42 Å². The zero-order valence-corrected chi connectivity index (χ0v) is 6.38. The molecule has 1 aromatic rings. The zero-order chi connectivity index (χ0) is 8.10. The van der Waals surface area contributed by atoms with Crippen molar-refractivity contribution in [3.05, 3.63) is 48.2 Å². The van der Waals surface area contributed by atoms with Crippen LogP contribution in [0.25, 0.3) is 0 Å². The highest BCUT2D eigenvalue weighted by atomic mass is 14.5. The number of anilines is 1. The average molecular weight is 145 g/mol. The van der Waals surface area contributed by atoms with Gasteiger partial charge in [0, 0.05) is 5.69 Å². The second kappa shape index (κ2) is 3.65. The van der Waals surface area contributed by atoms with Crippen LogP contribution in [0.4, 0.5) is 5.69 Å². The van der Waals surface area contributed by atoms with E-state index in [4.69, 9.17) is 5.73 Å². The van der Waals surface area contributed by atoms with Gasteiger partial charge in [-0.25, -0.2) is 0 Å². The lowest BCUT2D eigenvalue weighted by Gasteiger charge is -1.95. The molecule has 0 unspecified atom stereocenters. The average Bonchev–Trinajstić information content (AvgIpc) is 2.04. The van der Waals surface area contributed by atoms with Crippen molar-refractivity contribution in [1.29, 1.82) is 0 Å². The van der Waals surface area contributed by atoms with Gasteiger partial charge in [0.2, 0.25) is 0 Å². The Balaban J connectivity index is 2.73. The molecule has 1 heteroatoms. The molecule has 0 radical (unpaired) electrons. The molecular weight excluding hydrogens is 134 g/mol. The lowest BCUT2D eigenvalue weighted by atomic mass is 10.1. The molecule has 2 N–H and O–H groups in total. The number of nitrogens with two attached hydrogens (primary N) is 1. The van der Waals surface area contributed by atoms with Crippen LogP contribution in [0.1, 0.15) is 5.56 Å². The molecule has 0 aromatic heterocycles. The maximum absolute atomic E-state index is 5.52. The first kappa shape index (κ1) is 7.64. The lowest BCUT2D eigenvalue weighted by Crippen LogP contribution is -1.85. The Morgan fingerprint density at radius 1 is 1.36 bits per heavy atom. The topological polar surface area (TPSA) is 26.0 Å². The van der Waals surface area contributed by atoms with Gasteiger partial charge in [-0.1, -0.05) is 18.7 Å². The highest BCUT2D eigenvalue weighted by Gasteiger charge is 1.87. The Kier molecular flexibility index (Phi) is 2.53. The van der Waals surface area contributed by atoms with Gasteiger partial charge >= 0.3 is 0 Å². The summed E-state index contributed by atoms with van der Waals surface area (Å²) in [7, 11) is 0. The number of nitrogen functional groups attached to an aromatic ring is 1. The van der Waals surface area contributed by atoms with Crippen molar-refractivity contribution < 1.29 is 0 Å². The van der Waals surface area contributed by atoms with Crippen LogP contribution in [-0.2, 0) is 6.42 Å². The van der Waals surface area contributed by atoms with Gasteiger partial charge < -0.3 is 5.73 Å². The molecule has 0 aliphatic carbocycles. The fourth-order valence-corrected chi connectivity index (χ4v) is 0.844. The van der Waals surface area contributed by atoms with Crippen molar-refractivity contribution >= 4 is 5.69 Å². The second-order valence-electron chi connectivity index (χ2n) is 2.35. The SMILES string of the molecule is C=C=CCc1ccc(N)cc1. The Morgan fingerprint density at radius 3 is 2.55 bits per heavy atom. The highest BCUT2D eigenvalue weighted by molar-refractivity contribution is 5.39. The number of hydrogen-bond acceptors (Lipinski definition) is 1. The number of allylic oxidation sites excluding steroid dienone is 1. The standard InChI is InChI=1S/C10H11N/c1-2-3-4-9-5-7-10(11)8-6-9/h3,5-8H,1,4,11H2. The summed E-state index contributed by atoms with van der Waals surface area (Å²) in [5, 5.41) is 0. The number of benzene rings is 1. The fourth-order valence-electron chi connectivity index (χ4n) is 0.844. The van der Waals surface area contributed by atoms with Crippen molar-refractivity contribution in [1.82, 2.24) is 0 Å². The molecule has 56 valence electrons. The maximum Gasteiger partial charge on any atom is 0.0314 e. The van der Waals surface area contributed by atoms with Gasteiger partial charge in [-0.15, -0.1) is 5.73 Å². The number of hydrogen-bond donors (Lipinski definition) is 1. The van der Waals surface area contributed by atoms with Gasteiger partial charge in [0.05, 0.1) is 0 Å². The van der Waals surface area contributed by atoms with Crippen LogP contribution in [0, 0.1) is 0 Å². The van der Waals surface area contributed by atoms with Gasteiger partial charge in [-0.2, -0.15) is 0 Å². The Labute approximate surface area is 66.9 Å². The van der Waals surface area contributed by atoms with E-state index in [-0.39, 0.29) is 0 Å². The predicted octanol–water partition coefficient (Wildman–Crippen LogP) is 2.15. The highest BCUT2D eigenvalue weighted by Crippen LogP contribution is 2.05. The molecule has 0 saturated carbocycles. The van der Waals surface area contributed by atoms with Gasteiger partial charge in [-0.3, -0.25) is 0 Å². The van der Waals surface area contributed by atoms with Crippen LogP contribution < -0.4 is 5.73 Å². The van der Waals surface area contributed by atoms with E-state index in [0.717, 1.165) is 12.1 Å². The minimum Gasteiger partial charge on any atom is -0.399 e. The maximum atomic E-state index is 5.52. The zero-order valence-electron chi connectivity index (χ0n) is 6.38. The molecular formula is C10H11N. The van der Waals surface area contributed by atoms with Gasteiger partial charge in [0.15, 0.2) is 0 Å². The third-order valence-corrected chi connectivity index (χ3v) is 1.46. The van der Waals surface area contributed by atoms with Gasteiger partial charge in [0.25, 0.3) is 0 Å². The summed E-state index contributed by atoms with van der Waals surface area (Å²) in [6.45, 7) is 3.49. The minimum absolute atomic E-state index is 0.802. The summed E-state index contributed by atoms with van der Waals surface area (Å²) in [5.41, 5.74) is 10.3. The molecule has 0 heterocycles. The van der Waals surface area contributed by atoms with E-state index in [1.807, 2.05) is 30.3 Å². The van der Waals surface area contributed by atoms with Crippen molar-refractivity contribution in [2.75, 3.05) is 5.73 Å².